The van der Waals surface area contributed by atoms with E-state index in [9.17, 15) is 4.39 Å². The molecular formula is C20H16FN3S. The van der Waals surface area contributed by atoms with E-state index in [1.165, 1.54) is 18.0 Å². The minimum absolute atomic E-state index is 0.207. The fourth-order valence-electron chi connectivity index (χ4n) is 2.88. The van der Waals surface area contributed by atoms with Crippen molar-refractivity contribution >= 4 is 22.9 Å². The summed E-state index contributed by atoms with van der Waals surface area (Å²) in [4.78, 5) is 1.03. The molecule has 0 bridgehead atoms. The number of aromatic nitrogens is 2. The molecule has 0 aliphatic heterocycles. The summed E-state index contributed by atoms with van der Waals surface area (Å²) in [6.07, 6.45) is 1.69. The maximum Gasteiger partial charge on any atom is 0.126 e. The summed E-state index contributed by atoms with van der Waals surface area (Å²) in [5.41, 5.74) is 4.71. The van der Waals surface area contributed by atoms with Gasteiger partial charge in [-0.2, -0.15) is 5.10 Å². The van der Waals surface area contributed by atoms with Crippen molar-refractivity contribution in [2.24, 2.45) is 5.14 Å². The van der Waals surface area contributed by atoms with Gasteiger partial charge in [0.2, 0.25) is 0 Å². The Labute approximate surface area is 149 Å². The zero-order chi connectivity index (χ0) is 17.4. The first kappa shape index (κ1) is 15.9. The molecule has 4 aromatic rings. The predicted molar refractivity (Wildman–Crippen MR) is 101 cm³/mol. The van der Waals surface area contributed by atoms with Crippen LogP contribution in [0.1, 0.15) is 5.56 Å². The topological polar surface area (TPSA) is 43.8 Å². The lowest BCUT2D eigenvalue weighted by atomic mass is 10.1. The zero-order valence-electron chi connectivity index (χ0n) is 13.6. The quantitative estimate of drug-likeness (QED) is 0.523. The van der Waals surface area contributed by atoms with Gasteiger partial charge in [-0.1, -0.05) is 24.3 Å². The van der Waals surface area contributed by atoms with Gasteiger partial charge in [-0.15, -0.1) is 0 Å². The lowest BCUT2D eigenvalue weighted by Gasteiger charge is -2.07. The Balaban J connectivity index is 1.71. The van der Waals surface area contributed by atoms with E-state index >= 15 is 0 Å². The number of fused-ring (bicyclic) bond motifs is 1. The molecule has 1 aromatic heterocycles. The summed E-state index contributed by atoms with van der Waals surface area (Å²) in [5, 5.41) is 10.8. The molecule has 1 heterocycles. The Morgan fingerprint density at radius 3 is 2.24 bits per heavy atom. The molecule has 0 saturated carbocycles. The van der Waals surface area contributed by atoms with Crippen LogP contribution in [0.25, 0.3) is 27.7 Å². The van der Waals surface area contributed by atoms with Crippen molar-refractivity contribution in [2.75, 3.05) is 0 Å². The molecule has 0 radical (unpaired) electrons. The minimum Gasteiger partial charge on any atom is -0.274 e. The van der Waals surface area contributed by atoms with Crippen LogP contribution < -0.4 is 5.14 Å². The maximum atomic E-state index is 13.7. The van der Waals surface area contributed by atoms with Crippen molar-refractivity contribution in [3.63, 3.8) is 0 Å². The third-order valence-electron chi connectivity index (χ3n) is 4.28. The summed E-state index contributed by atoms with van der Waals surface area (Å²) in [7, 11) is 0. The first-order valence-electron chi connectivity index (χ1n) is 7.87. The summed E-state index contributed by atoms with van der Waals surface area (Å²) in [5.74, 6) is -0.207. The molecule has 0 aliphatic rings. The number of halogens is 1. The van der Waals surface area contributed by atoms with Gasteiger partial charge in [-0.3, -0.25) is 5.14 Å². The largest absolute Gasteiger partial charge is 0.274 e. The molecular weight excluding hydrogens is 333 g/mol. The maximum absolute atomic E-state index is 13.7. The number of benzene rings is 3. The molecule has 0 aliphatic carbocycles. The second-order valence-corrected chi connectivity index (χ2v) is 6.61. The summed E-state index contributed by atoms with van der Waals surface area (Å²) < 4.78 is 15.5. The standard InChI is InChI=1S/C20H16FN3S/c1-13-10-20-16(11-19(13)21)12-23-24(20)17-6-2-14(3-7-17)15-4-8-18(25-22)9-5-15/h2-12H,22H2,1H3. The molecule has 3 aromatic carbocycles. The Morgan fingerprint density at radius 1 is 0.960 bits per heavy atom. The first-order chi connectivity index (χ1) is 12.2. The Kier molecular flexibility index (Phi) is 4.03. The molecule has 0 amide bonds. The molecule has 5 heteroatoms. The molecule has 0 saturated heterocycles. The third-order valence-corrected chi connectivity index (χ3v) is 4.83. The van der Waals surface area contributed by atoms with Crippen LogP contribution in [0.4, 0.5) is 4.39 Å². The van der Waals surface area contributed by atoms with E-state index in [1.54, 1.807) is 13.1 Å². The average Bonchev–Trinajstić information content (AvgIpc) is 3.05. The van der Waals surface area contributed by atoms with Gasteiger partial charge in [-0.25, -0.2) is 9.07 Å². The van der Waals surface area contributed by atoms with Gasteiger partial charge in [0.05, 0.1) is 17.4 Å². The molecule has 0 unspecified atom stereocenters. The molecule has 0 spiro atoms. The SMILES string of the molecule is Cc1cc2c(cnn2-c2ccc(-c3ccc(SN)cc3)cc2)cc1F. The van der Waals surface area contributed by atoms with Crippen molar-refractivity contribution < 1.29 is 4.39 Å². The van der Waals surface area contributed by atoms with Crippen molar-refractivity contribution in [2.45, 2.75) is 11.8 Å². The lowest BCUT2D eigenvalue weighted by molar-refractivity contribution is 0.620. The van der Waals surface area contributed by atoms with Gasteiger partial charge < -0.3 is 0 Å². The van der Waals surface area contributed by atoms with E-state index in [0.717, 1.165) is 32.6 Å². The second kappa shape index (κ2) is 6.35. The number of nitrogens with two attached hydrogens (primary N) is 1. The number of hydrogen-bond donors (Lipinski definition) is 1. The average molecular weight is 349 g/mol. The summed E-state index contributed by atoms with van der Waals surface area (Å²) in [6, 6.07) is 19.6. The van der Waals surface area contributed by atoms with E-state index in [2.05, 4.69) is 29.4 Å². The van der Waals surface area contributed by atoms with E-state index in [4.69, 9.17) is 5.14 Å². The molecule has 2 N–H and O–H groups in total. The van der Waals surface area contributed by atoms with Gasteiger partial charge in [0.15, 0.2) is 0 Å². The van der Waals surface area contributed by atoms with Crippen molar-refractivity contribution in [1.29, 1.82) is 0 Å². The van der Waals surface area contributed by atoms with Crippen LogP contribution in [0.15, 0.2) is 71.8 Å². The van der Waals surface area contributed by atoms with Gasteiger partial charge in [0.1, 0.15) is 5.82 Å². The van der Waals surface area contributed by atoms with Crippen LogP contribution in [0.5, 0.6) is 0 Å². The highest BCUT2D eigenvalue weighted by Gasteiger charge is 2.08. The zero-order valence-corrected chi connectivity index (χ0v) is 14.4. The monoisotopic (exact) mass is 349 g/mol. The molecule has 124 valence electrons. The van der Waals surface area contributed by atoms with Crippen LogP contribution in [0.3, 0.4) is 0 Å². The number of nitrogens with zero attached hydrogens (tertiary/aromatic N) is 2. The second-order valence-electron chi connectivity index (χ2n) is 5.91. The van der Waals surface area contributed by atoms with E-state index in [0.29, 0.717) is 5.56 Å². The minimum atomic E-state index is -0.207. The summed E-state index contributed by atoms with van der Waals surface area (Å²) in [6.45, 7) is 1.76. The van der Waals surface area contributed by atoms with E-state index in [-0.39, 0.29) is 5.82 Å². The molecule has 0 atom stereocenters. The van der Waals surface area contributed by atoms with Crippen molar-refractivity contribution in [1.82, 2.24) is 9.78 Å². The smallest absolute Gasteiger partial charge is 0.126 e. The molecule has 0 fully saturated rings. The lowest BCUT2D eigenvalue weighted by Crippen LogP contribution is -1.96. The normalized spacial score (nSPS) is 11.2. The summed E-state index contributed by atoms with van der Waals surface area (Å²) >= 11 is 1.24. The van der Waals surface area contributed by atoms with Crippen molar-refractivity contribution in [3.8, 4) is 16.8 Å². The third kappa shape index (κ3) is 2.92. The molecule has 25 heavy (non-hydrogen) atoms. The highest BCUT2D eigenvalue weighted by molar-refractivity contribution is 7.97. The number of aryl methyl sites for hydroxylation is 1. The van der Waals surface area contributed by atoms with Crippen LogP contribution in [-0.4, -0.2) is 9.78 Å². The van der Waals surface area contributed by atoms with Crippen molar-refractivity contribution in [3.05, 3.63) is 78.2 Å². The highest BCUT2D eigenvalue weighted by atomic mass is 32.2. The van der Waals surface area contributed by atoms with Crippen LogP contribution in [0, 0.1) is 12.7 Å². The van der Waals surface area contributed by atoms with Crippen LogP contribution in [0.2, 0.25) is 0 Å². The van der Waals surface area contributed by atoms with Gasteiger partial charge in [-0.05, 0) is 72.0 Å². The Morgan fingerprint density at radius 2 is 1.60 bits per heavy atom. The number of rotatable bonds is 3. The highest BCUT2D eigenvalue weighted by Crippen LogP contribution is 2.25. The van der Waals surface area contributed by atoms with E-state index in [1.807, 2.05) is 35.0 Å². The Bertz CT molecular complexity index is 1040. The molecule has 3 nitrogen and oxygen atoms in total. The fourth-order valence-corrected chi connectivity index (χ4v) is 3.17. The van der Waals surface area contributed by atoms with Gasteiger partial charge in [0, 0.05) is 10.3 Å². The fraction of sp³-hybridized carbons (Fsp3) is 0.0500. The molecule has 4 rings (SSSR count). The van der Waals surface area contributed by atoms with Crippen LogP contribution >= 0.6 is 11.9 Å². The van der Waals surface area contributed by atoms with E-state index < -0.39 is 0 Å². The number of hydrogen-bond acceptors (Lipinski definition) is 3. The predicted octanol–water partition coefficient (Wildman–Crippen LogP) is 5.11. The van der Waals surface area contributed by atoms with Crippen LogP contribution in [-0.2, 0) is 0 Å². The van der Waals surface area contributed by atoms with Gasteiger partial charge in [0.25, 0.3) is 0 Å². The van der Waals surface area contributed by atoms with Gasteiger partial charge >= 0.3 is 0 Å². The Hall–Kier alpha value is -2.63. The first-order valence-corrected chi connectivity index (χ1v) is 8.75.